The summed E-state index contributed by atoms with van der Waals surface area (Å²) in [5, 5.41) is 10.8. The number of aliphatic hydroxyl groups is 1. The molecule has 1 heterocycles. The largest absolute Gasteiger partial charge is 0.396 e. The Kier molecular flexibility index (Phi) is 3.33. The van der Waals surface area contributed by atoms with E-state index in [1.165, 1.54) is 6.07 Å². The van der Waals surface area contributed by atoms with Crippen LogP contribution in [0.1, 0.15) is 5.69 Å². The van der Waals surface area contributed by atoms with Gasteiger partial charge >= 0.3 is 0 Å². The number of aliphatic hydroxyl groups excluding tert-OH is 1. The fourth-order valence-corrected chi connectivity index (χ4v) is 0.907. The predicted molar refractivity (Wildman–Crippen MR) is 44.7 cm³/mol. The molecule has 0 radical (unpaired) electrons. The summed E-state index contributed by atoms with van der Waals surface area (Å²) in [6, 6.07) is 1.39. The van der Waals surface area contributed by atoms with Gasteiger partial charge in [0.1, 0.15) is 0 Å². The highest BCUT2D eigenvalue weighted by atomic mass is 19.1. The molecule has 1 aromatic heterocycles. The number of nitrogens with zero attached hydrogens (tertiary/aromatic N) is 1. The van der Waals surface area contributed by atoms with Gasteiger partial charge in [-0.25, -0.2) is 4.39 Å². The van der Waals surface area contributed by atoms with Crippen molar-refractivity contribution in [2.45, 2.75) is 6.42 Å². The Morgan fingerprint density at radius 2 is 2.46 bits per heavy atom. The van der Waals surface area contributed by atoms with E-state index in [-0.39, 0.29) is 12.3 Å². The van der Waals surface area contributed by atoms with Crippen LogP contribution in [-0.2, 0) is 11.2 Å². The van der Waals surface area contributed by atoms with E-state index in [9.17, 15) is 9.18 Å². The van der Waals surface area contributed by atoms with Gasteiger partial charge in [0.15, 0.2) is 5.82 Å². The predicted octanol–water partition coefficient (Wildman–Crippen LogP) is 0.324. The first kappa shape index (κ1) is 9.60. The summed E-state index contributed by atoms with van der Waals surface area (Å²) in [7, 11) is 0. The molecule has 0 aromatic carbocycles. The second kappa shape index (κ2) is 4.51. The summed E-state index contributed by atoms with van der Waals surface area (Å²) < 4.78 is 12.9. The quantitative estimate of drug-likeness (QED) is 0.662. The molecular weight excluding hydrogens is 175 g/mol. The fraction of sp³-hybridized carbons (Fsp3) is 0.250. The van der Waals surface area contributed by atoms with Crippen molar-refractivity contribution in [1.82, 2.24) is 4.98 Å². The van der Waals surface area contributed by atoms with Gasteiger partial charge in [-0.2, -0.15) is 0 Å². The minimum Gasteiger partial charge on any atom is -0.396 e. The molecule has 5 heteroatoms. The van der Waals surface area contributed by atoms with Gasteiger partial charge in [0.05, 0.1) is 11.9 Å². The number of halogens is 1. The van der Waals surface area contributed by atoms with E-state index < -0.39 is 5.82 Å². The summed E-state index contributed by atoms with van der Waals surface area (Å²) in [4.78, 5) is 13.8. The summed E-state index contributed by atoms with van der Waals surface area (Å²) in [5.74, 6) is -0.589. The van der Waals surface area contributed by atoms with Crippen molar-refractivity contribution in [3.63, 3.8) is 0 Å². The summed E-state index contributed by atoms with van der Waals surface area (Å²) in [6.45, 7) is -0.0564. The first-order valence-corrected chi connectivity index (χ1v) is 3.73. The van der Waals surface area contributed by atoms with Crippen molar-refractivity contribution < 1.29 is 14.3 Å². The van der Waals surface area contributed by atoms with Gasteiger partial charge in [0.2, 0.25) is 6.41 Å². The van der Waals surface area contributed by atoms with Crippen LogP contribution in [0.4, 0.5) is 10.1 Å². The fourth-order valence-electron chi connectivity index (χ4n) is 0.907. The molecule has 0 aliphatic carbocycles. The molecule has 0 atom stereocenters. The molecule has 1 rings (SSSR count). The topological polar surface area (TPSA) is 62.2 Å². The minimum atomic E-state index is -0.589. The Bertz CT molecular complexity index is 304. The number of hydrogen-bond acceptors (Lipinski definition) is 3. The number of anilines is 1. The third kappa shape index (κ3) is 2.48. The number of nitrogens with one attached hydrogen (secondary N) is 1. The van der Waals surface area contributed by atoms with Gasteiger partial charge in [-0.1, -0.05) is 0 Å². The number of carbonyl (C=O) groups is 1. The maximum absolute atomic E-state index is 12.9. The van der Waals surface area contributed by atoms with Crippen LogP contribution >= 0.6 is 0 Å². The van der Waals surface area contributed by atoms with E-state index in [4.69, 9.17) is 5.11 Å². The standard InChI is InChI=1S/C8H9FN2O2/c9-7-4-10-6(1-2-12)3-8(7)11-5-13/h3-5,12H,1-2H2,(H,10,11,13). The zero-order valence-corrected chi connectivity index (χ0v) is 6.83. The first-order valence-electron chi connectivity index (χ1n) is 3.73. The second-order valence-corrected chi connectivity index (χ2v) is 2.39. The maximum atomic E-state index is 12.9. The van der Waals surface area contributed by atoms with Crippen LogP contribution in [0.15, 0.2) is 12.3 Å². The van der Waals surface area contributed by atoms with Gasteiger partial charge in [-0.3, -0.25) is 9.78 Å². The van der Waals surface area contributed by atoms with Crippen molar-refractivity contribution in [3.8, 4) is 0 Å². The highest BCUT2D eigenvalue weighted by Crippen LogP contribution is 2.12. The third-order valence-electron chi connectivity index (χ3n) is 1.49. The average Bonchev–Trinajstić information content (AvgIpc) is 2.12. The van der Waals surface area contributed by atoms with Crippen molar-refractivity contribution in [1.29, 1.82) is 0 Å². The molecule has 0 saturated carbocycles. The monoisotopic (exact) mass is 184 g/mol. The van der Waals surface area contributed by atoms with Crippen LogP contribution in [0.2, 0.25) is 0 Å². The molecule has 1 aromatic rings. The van der Waals surface area contributed by atoms with E-state index in [0.717, 1.165) is 6.20 Å². The number of hydrogen-bond donors (Lipinski definition) is 2. The molecule has 0 bridgehead atoms. The smallest absolute Gasteiger partial charge is 0.211 e. The lowest BCUT2D eigenvalue weighted by Crippen LogP contribution is -2.01. The molecule has 0 saturated heterocycles. The van der Waals surface area contributed by atoms with E-state index in [0.29, 0.717) is 18.5 Å². The molecule has 4 nitrogen and oxygen atoms in total. The van der Waals surface area contributed by atoms with Crippen LogP contribution < -0.4 is 5.32 Å². The maximum Gasteiger partial charge on any atom is 0.211 e. The average molecular weight is 184 g/mol. The highest BCUT2D eigenvalue weighted by molar-refractivity contribution is 5.71. The van der Waals surface area contributed by atoms with Gasteiger partial charge in [0.25, 0.3) is 0 Å². The Hall–Kier alpha value is -1.49. The van der Waals surface area contributed by atoms with E-state index in [1.807, 2.05) is 0 Å². The molecule has 0 aliphatic heterocycles. The summed E-state index contributed by atoms with van der Waals surface area (Å²) in [5.41, 5.74) is 0.613. The lowest BCUT2D eigenvalue weighted by molar-refractivity contribution is -0.105. The van der Waals surface area contributed by atoms with Gasteiger partial charge in [0, 0.05) is 18.7 Å². The van der Waals surface area contributed by atoms with Gasteiger partial charge < -0.3 is 10.4 Å². The number of aromatic nitrogens is 1. The molecule has 0 fully saturated rings. The van der Waals surface area contributed by atoms with Crippen LogP contribution in [0, 0.1) is 5.82 Å². The molecule has 70 valence electrons. The highest BCUT2D eigenvalue weighted by Gasteiger charge is 2.03. The Balaban J connectivity index is 2.89. The molecule has 0 unspecified atom stereocenters. The SMILES string of the molecule is O=CNc1cc(CCO)ncc1F. The second-order valence-electron chi connectivity index (χ2n) is 2.39. The van der Waals surface area contributed by atoms with Crippen LogP contribution in [0.25, 0.3) is 0 Å². The van der Waals surface area contributed by atoms with Gasteiger partial charge in [-0.05, 0) is 6.07 Å². The normalized spacial score (nSPS) is 9.69. The third-order valence-corrected chi connectivity index (χ3v) is 1.49. The number of carbonyl (C=O) groups excluding carboxylic acids is 1. The van der Waals surface area contributed by atoms with Gasteiger partial charge in [-0.15, -0.1) is 0 Å². The molecule has 2 N–H and O–H groups in total. The summed E-state index contributed by atoms with van der Waals surface area (Å²) >= 11 is 0. The van der Waals surface area contributed by atoms with Crippen LogP contribution in [-0.4, -0.2) is 23.1 Å². The molecular formula is C8H9FN2O2. The number of pyridine rings is 1. The minimum absolute atomic E-state index is 0.0564. The lowest BCUT2D eigenvalue weighted by Gasteiger charge is -2.02. The van der Waals surface area contributed by atoms with Crippen molar-refractivity contribution in [2.75, 3.05) is 11.9 Å². The summed E-state index contributed by atoms with van der Waals surface area (Å²) in [6.07, 6.45) is 1.74. The van der Waals surface area contributed by atoms with Crippen LogP contribution in [0.3, 0.4) is 0 Å². The molecule has 13 heavy (non-hydrogen) atoms. The van der Waals surface area contributed by atoms with Crippen molar-refractivity contribution in [2.24, 2.45) is 0 Å². The van der Waals surface area contributed by atoms with Crippen molar-refractivity contribution in [3.05, 3.63) is 23.8 Å². The molecule has 0 spiro atoms. The van der Waals surface area contributed by atoms with Crippen LogP contribution in [0.5, 0.6) is 0 Å². The first-order chi connectivity index (χ1) is 6.27. The Labute approximate surface area is 74.4 Å². The molecule has 1 amide bonds. The Morgan fingerprint density at radius 3 is 3.08 bits per heavy atom. The van der Waals surface area contributed by atoms with E-state index >= 15 is 0 Å². The number of rotatable bonds is 4. The van der Waals surface area contributed by atoms with E-state index in [2.05, 4.69) is 10.3 Å². The Morgan fingerprint density at radius 1 is 1.69 bits per heavy atom. The molecule has 0 aliphatic rings. The lowest BCUT2D eigenvalue weighted by atomic mass is 10.2. The zero-order valence-electron chi connectivity index (χ0n) is 6.83. The van der Waals surface area contributed by atoms with E-state index in [1.54, 1.807) is 0 Å². The number of amides is 1. The van der Waals surface area contributed by atoms with Crippen molar-refractivity contribution >= 4 is 12.1 Å². The zero-order chi connectivity index (χ0) is 9.68.